The average molecular weight is 543 g/mol. The first-order valence-electron chi connectivity index (χ1n) is 11.5. The summed E-state index contributed by atoms with van der Waals surface area (Å²) in [6, 6.07) is 9.89. The van der Waals surface area contributed by atoms with E-state index >= 15 is 0 Å². The largest absolute Gasteiger partial charge is 0.427 e. The Kier molecular flexibility index (Phi) is 11.5. The highest BCUT2D eigenvalue weighted by Gasteiger charge is 2.12. The quantitative estimate of drug-likeness (QED) is 0.141. The van der Waals surface area contributed by atoms with Crippen LogP contribution in [0.2, 0.25) is 0 Å². The minimum Gasteiger partial charge on any atom is -0.427 e. The molecule has 0 aliphatic rings. The van der Waals surface area contributed by atoms with Crippen molar-refractivity contribution in [1.29, 1.82) is 0 Å². The summed E-state index contributed by atoms with van der Waals surface area (Å²) in [5, 5.41) is 0. The lowest BCUT2D eigenvalue weighted by Crippen LogP contribution is -2.08. The second-order valence-electron chi connectivity index (χ2n) is 8.17. The van der Waals surface area contributed by atoms with Gasteiger partial charge in [-0.25, -0.2) is 0 Å². The summed E-state index contributed by atoms with van der Waals surface area (Å²) in [6.45, 7) is 0. The van der Waals surface area contributed by atoms with Crippen LogP contribution in [0.25, 0.3) is 0 Å². The maximum atomic E-state index is 11.9. The number of benzene rings is 2. The van der Waals surface area contributed by atoms with Gasteiger partial charge in [0, 0.05) is 12.8 Å². The van der Waals surface area contributed by atoms with E-state index in [9.17, 15) is 26.4 Å². The smallest absolute Gasteiger partial charge is 0.311 e. The van der Waals surface area contributed by atoms with Crippen molar-refractivity contribution in [1.82, 2.24) is 0 Å². The lowest BCUT2D eigenvalue weighted by atomic mass is 10.1. The van der Waals surface area contributed by atoms with E-state index in [4.69, 9.17) is 18.6 Å². The summed E-state index contributed by atoms with van der Waals surface area (Å²) in [5.41, 5.74) is 0. The molecule has 0 heterocycles. The van der Waals surface area contributed by atoms with E-state index in [2.05, 4.69) is 0 Å². The second kappa shape index (κ2) is 14.1. The molecular formula is C24H30O10S2. The molecule has 10 nitrogen and oxygen atoms in total. The zero-order valence-electron chi connectivity index (χ0n) is 19.7. The van der Waals surface area contributed by atoms with Crippen molar-refractivity contribution in [2.45, 2.75) is 74.0 Å². The summed E-state index contributed by atoms with van der Waals surface area (Å²) >= 11 is 0. The van der Waals surface area contributed by atoms with E-state index in [1.807, 2.05) is 0 Å². The van der Waals surface area contributed by atoms with Crippen LogP contribution in [0.5, 0.6) is 11.5 Å². The maximum absolute atomic E-state index is 11.9. The minimum absolute atomic E-state index is 0.214. The number of rotatable bonds is 15. The summed E-state index contributed by atoms with van der Waals surface area (Å²) in [6.07, 6.45) is 7.57. The van der Waals surface area contributed by atoms with Crippen LogP contribution in [0.3, 0.4) is 0 Å². The van der Waals surface area contributed by atoms with Crippen molar-refractivity contribution >= 4 is 32.2 Å². The Morgan fingerprint density at radius 2 is 0.806 bits per heavy atom. The van der Waals surface area contributed by atoms with Crippen LogP contribution >= 0.6 is 0 Å². The van der Waals surface area contributed by atoms with Gasteiger partial charge in [0.2, 0.25) is 0 Å². The summed E-state index contributed by atoms with van der Waals surface area (Å²) in [5.74, 6) is -0.385. The van der Waals surface area contributed by atoms with Gasteiger partial charge in [-0.1, -0.05) is 38.5 Å². The molecule has 0 fully saturated rings. The third kappa shape index (κ3) is 11.3. The Labute approximate surface area is 211 Å². The molecule has 0 spiro atoms. The van der Waals surface area contributed by atoms with Crippen molar-refractivity contribution in [2.24, 2.45) is 0 Å². The molecule has 2 aromatic rings. The third-order valence-electron chi connectivity index (χ3n) is 5.22. The van der Waals surface area contributed by atoms with Crippen LogP contribution in [-0.4, -0.2) is 37.9 Å². The van der Waals surface area contributed by atoms with Crippen molar-refractivity contribution < 1.29 is 45.0 Å². The Morgan fingerprint density at radius 3 is 1.08 bits per heavy atom. The molecule has 0 aromatic heterocycles. The molecule has 0 radical (unpaired) electrons. The van der Waals surface area contributed by atoms with E-state index in [1.165, 1.54) is 24.3 Å². The van der Waals surface area contributed by atoms with Crippen LogP contribution in [0.15, 0.2) is 58.3 Å². The average Bonchev–Trinajstić information content (AvgIpc) is 2.80. The van der Waals surface area contributed by atoms with Crippen LogP contribution in [0.1, 0.15) is 64.2 Å². The van der Waals surface area contributed by atoms with E-state index < -0.39 is 32.2 Å². The number of hydrogen-bond acceptors (Lipinski definition) is 8. The lowest BCUT2D eigenvalue weighted by Gasteiger charge is -2.06. The Hall–Kier alpha value is -2.80. The first-order chi connectivity index (χ1) is 16.9. The number of hydrogen-bond donors (Lipinski definition) is 2. The maximum Gasteiger partial charge on any atom is 0.311 e. The molecule has 2 rings (SSSR count). The number of carbonyl (C=O) groups excluding carboxylic acids is 2. The Balaban J connectivity index is 1.47. The van der Waals surface area contributed by atoms with Crippen molar-refractivity contribution in [3.63, 3.8) is 0 Å². The molecule has 0 saturated carbocycles. The minimum atomic E-state index is -4.28. The normalized spacial score (nSPS) is 11.7. The van der Waals surface area contributed by atoms with Gasteiger partial charge in [-0.2, -0.15) is 16.8 Å². The van der Waals surface area contributed by atoms with Gasteiger partial charge in [0.25, 0.3) is 20.2 Å². The number of carbonyl (C=O) groups is 2. The SMILES string of the molecule is O=C(CCCCCCCCCCC(=O)Oc1ccc(S(=O)(=O)O)cc1)Oc1ccc(S(=O)(=O)O)cc1. The van der Waals surface area contributed by atoms with Gasteiger partial charge in [-0.3, -0.25) is 18.7 Å². The van der Waals surface area contributed by atoms with Crippen molar-refractivity contribution in [3.05, 3.63) is 48.5 Å². The molecule has 0 aliphatic carbocycles. The highest BCUT2D eigenvalue weighted by atomic mass is 32.2. The van der Waals surface area contributed by atoms with E-state index in [0.29, 0.717) is 12.8 Å². The topological polar surface area (TPSA) is 161 Å². The molecule has 36 heavy (non-hydrogen) atoms. The molecule has 0 atom stereocenters. The molecule has 0 unspecified atom stereocenters. The molecule has 0 bridgehead atoms. The van der Waals surface area contributed by atoms with Gasteiger partial charge in [-0.05, 0) is 61.4 Å². The van der Waals surface area contributed by atoms with Crippen LogP contribution in [0, 0.1) is 0 Å². The predicted molar refractivity (Wildman–Crippen MR) is 130 cm³/mol. The predicted octanol–water partition coefficient (Wildman–Crippen LogP) is 4.59. The van der Waals surface area contributed by atoms with Gasteiger partial charge in [-0.15, -0.1) is 0 Å². The van der Waals surface area contributed by atoms with Gasteiger partial charge in [0.1, 0.15) is 11.5 Å². The lowest BCUT2D eigenvalue weighted by molar-refractivity contribution is -0.135. The molecule has 2 aromatic carbocycles. The molecule has 0 aliphatic heterocycles. The van der Waals surface area contributed by atoms with Gasteiger partial charge in [0.15, 0.2) is 0 Å². The highest BCUT2D eigenvalue weighted by molar-refractivity contribution is 7.86. The summed E-state index contributed by atoms with van der Waals surface area (Å²) < 4.78 is 72.1. The molecule has 2 N–H and O–H groups in total. The first kappa shape index (κ1) is 29.4. The van der Waals surface area contributed by atoms with Crippen LogP contribution < -0.4 is 9.47 Å². The van der Waals surface area contributed by atoms with E-state index in [-0.39, 0.29) is 34.1 Å². The van der Waals surface area contributed by atoms with Crippen LogP contribution in [0.4, 0.5) is 0 Å². The molecular weight excluding hydrogens is 512 g/mol. The number of unbranched alkanes of at least 4 members (excludes halogenated alkanes) is 7. The Bertz CT molecular complexity index is 1110. The number of ether oxygens (including phenoxy) is 2. The fraction of sp³-hybridized carbons (Fsp3) is 0.417. The van der Waals surface area contributed by atoms with E-state index in [0.717, 1.165) is 62.8 Å². The van der Waals surface area contributed by atoms with Crippen molar-refractivity contribution in [2.75, 3.05) is 0 Å². The number of esters is 2. The van der Waals surface area contributed by atoms with Gasteiger partial charge in [0.05, 0.1) is 9.79 Å². The summed E-state index contributed by atoms with van der Waals surface area (Å²) in [4.78, 5) is 23.2. The fourth-order valence-corrected chi connectivity index (χ4v) is 4.28. The standard InChI is InChI=1S/C24H30O10S2/c25-23(33-19-11-15-21(16-12-19)35(27,28)29)9-7-5-3-1-2-4-6-8-10-24(26)34-20-13-17-22(18-14-20)36(30,31)32/h11-18H,1-10H2,(H,27,28,29)(H,30,31,32). The molecule has 0 amide bonds. The molecule has 198 valence electrons. The molecule has 12 heteroatoms. The monoisotopic (exact) mass is 542 g/mol. The van der Waals surface area contributed by atoms with Crippen molar-refractivity contribution in [3.8, 4) is 11.5 Å². The highest BCUT2D eigenvalue weighted by Crippen LogP contribution is 2.18. The van der Waals surface area contributed by atoms with Gasteiger partial charge < -0.3 is 9.47 Å². The Morgan fingerprint density at radius 1 is 0.528 bits per heavy atom. The van der Waals surface area contributed by atoms with Crippen LogP contribution in [-0.2, 0) is 29.8 Å². The summed E-state index contributed by atoms with van der Waals surface area (Å²) in [7, 11) is -8.57. The second-order valence-corrected chi connectivity index (χ2v) is 11.0. The van der Waals surface area contributed by atoms with E-state index in [1.54, 1.807) is 0 Å². The zero-order chi connectivity index (χ0) is 26.6. The third-order valence-corrected chi connectivity index (χ3v) is 6.95. The zero-order valence-corrected chi connectivity index (χ0v) is 21.3. The van der Waals surface area contributed by atoms with Gasteiger partial charge >= 0.3 is 11.9 Å². The molecule has 0 saturated heterocycles. The first-order valence-corrected chi connectivity index (χ1v) is 14.4. The fourth-order valence-electron chi connectivity index (χ4n) is 3.32.